The summed E-state index contributed by atoms with van der Waals surface area (Å²) in [6.45, 7) is 1.98. The SMILES string of the molecule is Cc1nc(CC(=O)NCC(O)COc2ccc(F)cc2)cs1. The van der Waals surface area contributed by atoms with Gasteiger partial charge in [-0.1, -0.05) is 0 Å². The van der Waals surface area contributed by atoms with Crippen LogP contribution in [-0.2, 0) is 11.2 Å². The van der Waals surface area contributed by atoms with E-state index in [0.29, 0.717) is 5.75 Å². The average molecular weight is 324 g/mol. The number of thiazole rings is 1. The largest absolute Gasteiger partial charge is 0.491 e. The van der Waals surface area contributed by atoms with Crippen LogP contribution in [0, 0.1) is 12.7 Å². The maximum Gasteiger partial charge on any atom is 0.226 e. The van der Waals surface area contributed by atoms with Gasteiger partial charge in [0.25, 0.3) is 0 Å². The van der Waals surface area contributed by atoms with Gasteiger partial charge < -0.3 is 15.2 Å². The summed E-state index contributed by atoms with van der Waals surface area (Å²) in [5, 5.41) is 15.1. The van der Waals surface area contributed by atoms with E-state index < -0.39 is 6.10 Å². The van der Waals surface area contributed by atoms with Crippen molar-refractivity contribution in [3.8, 4) is 5.75 Å². The Morgan fingerprint density at radius 3 is 2.82 bits per heavy atom. The van der Waals surface area contributed by atoms with E-state index in [0.717, 1.165) is 10.7 Å². The Bertz CT molecular complexity index is 616. The van der Waals surface area contributed by atoms with Gasteiger partial charge in [-0.25, -0.2) is 9.37 Å². The summed E-state index contributed by atoms with van der Waals surface area (Å²) < 4.78 is 18.0. The highest BCUT2D eigenvalue weighted by Crippen LogP contribution is 2.11. The highest BCUT2D eigenvalue weighted by molar-refractivity contribution is 7.09. The third kappa shape index (κ3) is 5.42. The number of carbonyl (C=O) groups excluding carboxylic acids is 1. The molecular weight excluding hydrogens is 307 g/mol. The number of nitrogens with zero attached hydrogens (tertiary/aromatic N) is 1. The second-order valence-corrected chi connectivity index (χ2v) is 5.82. The van der Waals surface area contributed by atoms with Crippen LogP contribution in [0.5, 0.6) is 5.75 Å². The predicted octanol–water partition coefficient (Wildman–Crippen LogP) is 1.69. The summed E-state index contributed by atoms with van der Waals surface area (Å²) in [6.07, 6.45) is -0.651. The number of amides is 1. The number of aliphatic hydroxyl groups is 1. The minimum atomic E-state index is -0.842. The van der Waals surface area contributed by atoms with Gasteiger partial charge in [0.05, 0.1) is 17.1 Å². The molecule has 1 amide bonds. The van der Waals surface area contributed by atoms with Gasteiger partial charge in [0.2, 0.25) is 5.91 Å². The molecular formula is C15H17FN2O3S. The van der Waals surface area contributed by atoms with Gasteiger partial charge in [-0.05, 0) is 31.2 Å². The van der Waals surface area contributed by atoms with Crippen molar-refractivity contribution in [1.82, 2.24) is 10.3 Å². The number of rotatable bonds is 7. The second-order valence-electron chi connectivity index (χ2n) is 4.76. The Kier molecular flexibility index (Phi) is 5.85. The summed E-state index contributed by atoms with van der Waals surface area (Å²) in [6, 6.07) is 5.51. The van der Waals surface area contributed by atoms with Crippen LogP contribution in [0.2, 0.25) is 0 Å². The number of ether oxygens (including phenoxy) is 1. The smallest absolute Gasteiger partial charge is 0.226 e. The maximum atomic E-state index is 12.7. The molecule has 7 heteroatoms. The number of hydrogen-bond acceptors (Lipinski definition) is 5. The molecule has 22 heavy (non-hydrogen) atoms. The van der Waals surface area contributed by atoms with Gasteiger partial charge in [-0.15, -0.1) is 11.3 Å². The molecule has 5 nitrogen and oxygen atoms in total. The molecule has 1 unspecified atom stereocenters. The minimum Gasteiger partial charge on any atom is -0.491 e. The first-order chi connectivity index (χ1) is 10.5. The molecule has 0 bridgehead atoms. The summed E-state index contributed by atoms with van der Waals surface area (Å²) in [7, 11) is 0. The maximum absolute atomic E-state index is 12.7. The van der Waals surface area contributed by atoms with E-state index >= 15 is 0 Å². The molecule has 0 saturated heterocycles. The summed E-state index contributed by atoms with van der Waals surface area (Å²) in [4.78, 5) is 15.9. The molecule has 0 aliphatic rings. The van der Waals surface area contributed by atoms with Crippen molar-refractivity contribution in [2.75, 3.05) is 13.2 Å². The third-order valence-electron chi connectivity index (χ3n) is 2.80. The zero-order chi connectivity index (χ0) is 15.9. The van der Waals surface area contributed by atoms with E-state index in [1.54, 1.807) is 0 Å². The van der Waals surface area contributed by atoms with Crippen LogP contribution in [-0.4, -0.2) is 35.3 Å². The zero-order valence-corrected chi connectivity index (χ0v) is 12.9. The molecule has 1 aromatic heterocycles. The molecule has 0 aliphatic heterocycles. The number of aromatic nitrogens is 1. The molecule has 0 saturated carbocycles. The van der Waals surface area contributed by atoms with Crippen LogP contribution in [0.1, 0.15) is 10.7 Å². The number of halogens is 1. The number of nitrogens with one attached hydrogen (secondary N) is 1. The topological polar surface area (TPSA) is 71.5 Å². The average Bonchev–Trinajstić information content (AvgIpc) is 2.89. The van der Waals surface area contributed by atoms with Crippen molar-refractivity contribution in [2.24, 2.45) is 0 Å². The van der Waals surface area contributed by atoms with Gasteiger partial charge in [0.1, 0.15) is 24.3 Å². The zero-order valence-electron chi connectivity index (χ0n) is 12.1. The number of benzene rings is 1. The Labute approximate surface area is 131 Å². The summed E-state index contributed by atoms with van der Waals surface area (Å²) >= 11 is 1.49. The Balaban J connectivity index is 1.67. The van der Waals surface area contributed by atoms with Crippen molar-refractivity contribution >= 4 is 17.2 Å². The molecule has 0 fully saturated rings. The first kappa shape index (κ1) is 16.4. The Morgan fingerprint density at radius 1 is 1.45 bits per heavy atom. The monoisotopic (exact) mass is 324 g/mol. The molecule has 0 radical (unpaired) electrons. The van der Waals surface area contributed by atoms with Crippen molar-refractivity contribution < 1.29 is 19.0 Å². The number of aliphatic hydroxyl groups excluding tert-OH is 1. The molecule has 1 atom stereocenters. The quantitative estimate of drug-likeness (QED) is 0.813. The predicted molar refractivity (Wildman–Crippen MR) is 81.5 cm³/mol. The highest BCUT2D eigenvalue weighted by Gasteiger charge is 2.10. The lowest BCUT2D eigenvalue weighted by molar-refractivity contribution is -0.121. The van der Waals surface area contributed by atoms with Crippen LogP contribution < -0.4 is 10.1 Å². The van der Waals surface area contributed by atoms with E-state index in [1.165, 1.54) is 35.6 Å². The highest BCUT2D eigenvalue weighted by atomic mass is 32.1. The lowest BCUT2D eigenvalue weighted by Crippen LogP contribution is -2.36. The molecule has 2 rings (SSSR count). The van der Waals surface area contributed by atoms with E-state index in [-0.39, 0.29) is 31.3 Å². The first-order valence-electron chi connectivity index (χ1n) is 6.77. The van der Waals surface area contributed by atoms with Crippen LogP contribution in [0.4, 0.5) is 4.39 Å². The minimum absolute atomic E-state index is 0.0156. The van der Waals surface area contributed by atoms with Crippen LogP contribution in [0.25, 0.3) is 0 Å². The Morgan fingerprint density at radius 2 is 2.18 bits per heavy atom. The van der Waals surface area contributed by atoms with Crippen molar-refractivity contribution in [3.05, 3.63) is 46.2 Å². The fraction of sp³-hybridized carbons (Fsp3) is 0.333. The van der Waals surface area contributed by atoms with Crippen LogP contribution in [0.15, 0.2) is 29.6 Å². The summed E-state index contributed by atoms with van der Waals surface area (Å²) in [5.41, 5.74) is 0.719. The van der Waals surface area contributed by atoms with Gasteiger partial charge >= 0.3 is 0 Å². The molecule has 118 valence electrons. The second kappa shape index (κ2) is 7.86. The van der Waals surface area contributed by atoms with Crippen LogP contribution >= 0.6 is 11.3 Å². The number of hydrogen-bond donors (Lipinski definition) is 2. The van der Waals surface area contributed by atoms with E-state index in [2.05, 4.69) is 10.3 Å². The lowest BCUT2D eigenvalue weighted by atomic mass is 10.3. The Hall–Kier alpha value is -1.99. The lowest BCUT2D eigenvalue weighted by Gasteiger charge is -2.13. The van der Waals surface area contributed by atoms with Gasteiger partial charge in [-0.2, -0.15) is 0 Å². The molecule has 0 aliphatic carbocycles. The number of aryl methyl sites for hydroxylation is 1. The summed E-state index contributed by atoms with van der Waals surface area (Å²) in [5.74, 6) is -0.0895. The molecule has 0 spiro atoms. The van der Waals surface area contributed by atoms with Crippen LogP contribution in [0.3, 0.4) is 0 Å². The fourth-order valence-electron chi connectivity index (χ4n) is 1.73. The molecule has 1 heterocycles. The van der Waals surface area contributed by atoms with Gasteiger partial charge in [-0.3, -0.25) is 4.79 Å². The van der Waals surface area contributed by atoms with Crippen molar-refractivity contribution in [3.63, 3.8) is 0 Å². The molecule has 1 aromatic carbocycles. The van der Waals surface area contributed by atoms with E-state index in [4.69, 9.17) is 4.74 Å². The van der Waals surface area contributed by atoms with Gasteiger partial charge in [0, 0.05) is 11.9 Å². The third-order valence-corrected chi connectivity index (χ3v) is 3.62. The number of carbonyl (C=O) groups is 1. The van der Waals surface area contributed by atoms with E-state index in [9.17, 15) is 14.3 Å². The standard InChI is InChI=1S/C15H17FN2O3S/c1-10-18-12(9-22-10)6-15(20)17-7-13(19)8-21-14-4-2-11(16)3-5-14/h2-5,9,13,19H,6-8H2,1H3,(H,17,20). The van der Waals surface area contributed by atoms with Crippen molar-refractivity contribution in [1.29, 1.82) is 0 Å². The molecule has 2 N–H and O–H groups in total. The van der Waals surface area contributed by atoms with Crippen molar-refractivity contribution in [2.45, 2.75) is 19.4 Å². The first-order valence-corrected chi connectivity index (χ1v) is 7.65. The normalized spacial score (nSPS) is 12.0. The van der Waals surface area contributed by atoms with E-state index in [1.807, 2.05) is 12.3 Å². The molecule has 2 aromatic rings. The van der Waals surface area contributed by atoms with Gasteiger partial charge in [0.15, 0.2) is 0 Å². The fourth-order valence-corrected chi connectivity index (χ4v) is 2.34.